The molecule has 0 spiro atoms. The Balaban J connectivity index is 5.01. The number of allylic oxidation sites excluding steroid dienone is 3. The summed E-state index contributed by atoms with van der Waals surface area (Å²) >= 11 is 0. The van der Waals surface area contributed by atoms with E-state index >= 15 is 0 Å². The van der Waals surface area contributed by atoms with Crippen molar-refractivity contribution in [3.05, 3.63) is 36.8 Å². The molecule has 0 heterocycles. The van der Waals surface area contributed by atoms with Crippen LogP contribution in [0.3, 0.4) is 0 Å². The fraction of sp³-hybridized carbons (Fsp3) is 0.838. The predicted molar refractivity (Wildman–Crippen MR) is 184 cm³/mol. The van der Waals surface area contributed by atoms with Crippen LogP contribution in [0.15, 0.2) is 36.8 Å². The molecule has 248 valence electrons. The number of hydrogen-bond donors (Lipinski definition) is 0. The van der Waals surface area contributed by atoms with Crippen molar-refractivity contribution in [2.45, 2.75) is 194 Å². The smallest absolute Gasteiger partial charge is 0.181 e. The summed E-state index contributed by atoms with van der Waals surface area (Å²) in [6.45, 7) is 6.75. The van der Waals surface area contributed by atoms with Gasteiger partial charge in [0.25, 0.3) is 0 Å². The average molecular weight is 610 g/mol. The number of nitrogens with zero attached hydrogens (tertiary/aromatic N) is 1. The van der Waals surface area contributed by atoms with E-state index in [9.17, 15) is 13.0 Å². The van der Waals surface area contributed by atoms with Gasteiger partial charge in [0.05, 0.1) is 0 Å². The lowest BCUT2D eigenvalue weighted by molar-refractivity contribution is -0.760. The molecule has 0 rings (SSSR count). The van der Waals surface area contributed by atoms with E-state index in [2.05, 4.69) is 39.0 Å². The maximum atomic E-state index is 12.0. The van der Waals surface area contributed by atoms with E-state index in [0.29, 0.717) is 0 Å². The summed E-state index contributed by atoms with van der Waals surface area (Å²) in [5.41, 5.74) is 0. The maximum Gasteiger partial charge on any atom is 0.181 e. The van der Waals surface area contributed by atoms with Gasteiger partial charge in [-0.3, -0.25) is 0 Å². The summed E-state index contributed by atoms with van der Waals surface area (Å²) in [7, 11) is -4.40. The third kappa shape index (κ3) is 29.2. The Labute approximate surface area is 263 Å². The monoisotopic (exact) mass is 610 g/mol. The average Bonchev–Trinajstić information content (AvgIpc) is 2.95. The summed E-state index contributed by atoms with van der Waals surface area (Å²) in [6, 6.07) is 0. The molecule has 0 saturated heterocycles. The molecule has 0 atom stereocenters. The topological polar surface area (TPSA) is 57.2 Å². The molecule has 0 amide bonds. The van der Waals surface area contributed by atoms with Gasteiger partial charge in [-0.2, -0.15) is 0 Å². The highest BCUT2D eigenvalue weighted by Crippen LogP contribution is 2.19. The Bertz CT molecular complexity index is 683. The highest BCUT2D eigenvalue weighted by Gasteiger charge is 2.22. The SMILES string of the molecule is CCCCCCCCCC/C=C/[N+](/C=C/CCCCCCCCCC)(/C=C/CCCCCCCCCC)CS(=O)(=O)[O-]. The fourth-order valence-corrected chi connectivity index (χ4v) is 6.36. The van der Waals surface area contributed by atoms with Crippen LogP contribution in [0, 0.1) is 0 Å². The van der Waals surface area contributed by atoms with E-state index in [1.807, 2.05) is 18.6 Å². The Morgan fingerprint density at radius 2 is 0.667 bits per heavy atom. The quantitative estimate of drug-likeness (QED) is 0.0433. The molecule has 0 N–H and O–H groups in total. The molecule has 0 aromatic carbocycles. The zero-order valence-corrected chi connectivity index (χ0v) is 29.2. The minimum Gasteiger partial charge on any atom is -0.744 e. The standard InChI is InChI=1S/C37H71NO3S/c1-4-7-10-13-16-19-22-25-28-31-34-38(37-42(39,40)41,35-32-29-26-23-20-17-14-11-8-5-2)36-33-30-27-24-21-18-15-12-9-6-3/h31-36H,4-30,37H2,1-3H3/b34-31+,35-32+,36-33+. The molecular formula is C37H71NO3S. The lowest BCUT2D eigenvalue weighted by atomic mass is 10.1. The normalized spacial score (nSPS) is 13.0. The van der Waals surface area contributed by atoms with Crippen molar-refractivity contribution in [2.75, 3.05) is 5.88 Å². The molecule has 0 aliphatic carbocycles. The summed E-state index contributed by atoms with van der Waals surface area (Å²) in [6.07, 6.45) is 45.5. The van der Waals surface area contributed by atoms with E-state index in [-0.39, 0.29) is 4.48 Å². The second kappa shape index (κ2) is 30.1. The number of quaternary nitrogens is 1. The molecule has 42 heavy (non-hydrogen) atoms. The van der Waals surface area contributed by atoms with Crippen LogP contribution >= 0.6 is 0 Å². The molecule has 0 fully saturated rings. The zero-order valence-electron chi connectivity index (χ0n) is 28.3. The van der Waals surface area contributed by atoms with Gasteiger partial charge in [0.15, 0.2) is 5.88 Å². The lowest BCUT2D eigenvalue weighted by Gasteiger charge is -2.28. The van der Waals surface area contributed by atoms with Crippen LogP contribution in [0.25, 0.3) is 0 Å². The molecule has 0 radical (unpaired) electrons. The Morgan fingerprint density at radius 1 is 0.429 bits per heavy atom. The van der Waals surface area contributed by atoms with Gasteiger partial charge in [0, 0.05) is 0 Å². The summed E-state index contributed by atoms with van der Waals surface area (Å²) in [5.74, 6) is -0.456. The van der Waals surface area contributed by atoms with Crippen LogP contribution < -0.4 is 0 Å². The van der Waals surface area contributed by atoms with Gasteiger partial charge in [-0.05, 0) is 56.8 Å². The summed E-state index contributed by atoms with van der Waals surface area (Å²) < 4.78 is 36.0. The van der Waals surface area contributed by atoms with E-state index < -0.39 is 16.0 Å². The van der Waals surface area contributed by atoms with Gasteiger partial charge in [-0.25, -0.2) is 12.9 Å². The molecule has 0 aromatic rings. The van der Waals surface area contributed by atoms with Crippen LogP contribution in [0.4, 0.5) is 0 Å². The van der Waals surface area contributed by atoms with Crippen LogP contribution in [-0.4, -0.2) is 23.3 Å². The van der Waals surface area contributed by atoms with Crippen LogP contribution in [0.2, 0.25) is 0 Å². The first-order valence-electron chi connectivity index (χ1n) is 18.2. The van der Waals surface area contributed by atoms with Gasteiger partial charge < -0.3 is 4.55 Å². The first kappa shape index (κ1) is 41.1. The molecule has 0 aliphatic heterocycles. The van der Waals surface area contributed by atoms with Crippen molar-refractivity contribution >= 4 is 10.1 Å². The Kier molecular flexibility index (Phi) is 29.5. The maximum absolute atomic E-state index is 12.0. The van der Waals surface area contributed by atoms with Gasteiger partial charge in [-0.15, -0.1) is 0 Å². The van der Waals surface area contributed by atoms with Crippen molar-refractivity contribution in [2.24, 2.45) is 0 Å². The first-order valence-corrected chi connectivity index (χ1v) is 19.8. The van der Waals surface area contributed by atoms with Crippen molar-refractivity contribution in [1.29, 1.82) is 0 Å². The number of hydrogen-bond acceptors (Lipinski definition) is 3. The van der Waals surface area contributed by atoms with Crippen LogP contribution in [-0.2, 0) is 10.1 Å². The largest absolute Gasteiger partial charge is 0.744 e. The van der Waals surface area contributed by atoms with Crippen molar-refractivity contribution in [3.63, 3.8) is 0 Å². The molecule has 4 nitrogen and oxygen atoms in total. The van der Waals surface area contributed by atoms with E-state index in [1.54, 1.807) is 0 Å². The molecule has 0 aliphatic rings. The van der Waals surface area contributed by atoms with Crippen molar-refractivity contribution < 1.29 is 17.5 Å². The Morgan fingerprint density at radius 3 is 0.905 bits per heavy atom. The number of rotatable bonds is 32. The molecule has 5 heteroatoms. The fourth-order valence-electron chi connectivity index (χ4n) is 5.55. The van der Waals surface area contributed by atoms with Gasteiger partial charge >= 0.3 is 0 Å². The van der Waals surface area contributed by atoms with Gasteiger partial charge in [0.1, 0.15) is 28.7 Å². The molecule has 0 bridgehead atoms. The molecule has 0 unspecified atom stereocenters. The molecule has 0 saturated carbocycles. The van der Waals surface area contributed by atoms with Crippen molar-refractivity contribution in [1.82, 2.24) is 0 Å². The first-order chi connectivity index (χ1) is 20.4. The highest BCUT2D eigenvalue weighted by atomic mass is 32.2. The lowest BCUT2D eigenvalue weighted by Crippen LogP contribution is -2.36. The minimum atomic E-state index is -4.40. The summed E-state index contributed by atoms with van der Waals surface area (Å²) in [5, 5.41) is 0. The van der Waals surface area contributed by atoms with Gasteiger partial charge in [0.2, 0.25) is 0 Å². The third-order valence-electron chi connectivity index (χ3n) is 8.20. The summed E-state index contributed by atoms with van der Waals surface area (Å²) in [4.78, 5) is 0. The highest BCUT2D eigenvalue weighted by molar-refractivity contribution is 7.85. The third-order valence-corrected chi connectivity index (χ3v) is 8.97. The second-order valence-corrected chi connectivity index (χ2v) is 14.0. The molecular weight excluding hydrogens is 538 g/mol. The van der Waals surface area contributed by atoms with Crippen LogP contribution in [0.5, 0.6) is 0 Å². The predicted octanol–water partition coefficient (Wildman–Crippen LogP) is 12.4. The van der Waals surface area contributed by atoms with Gasteiger partial charge in [-0.1, -0.05) is 156 Å². The van der Waals surface area contributed by atoms with Crippen LogP contribution in [0.1, 0.15) is 194 Å². The zero-order chi connectivity index (χ0) is 31.0. The molecule has 0 aromatic heterocycles. The number of unbranched alkanes of at least 4 members (excludes halogenated alkanes) is 24. The van der Waals surface area contributed by atoms with E-state index in [0.717, 1.165) is 38.5 Å². The van der Waals surface area contributed by atoms with E-state index in [1.165, 1.54) is 135 Å². The second-order valence-electron chi connectivity index (χ2n) is 12.6. The Hall–Kier alpha value is -0.910. The van der Waals surface area contributed by atoms with E-state index in [4.69, 9.17) is 0 Å². The van der Waals surface area contributed by atoms with Crippen molar-refractivity contribution in [3.8, 4) is 0 Å². The minimum absolute atomic E-state index is 0.0170.